The van der Waals surface area contributed by atoms with Gasteiger partial charge in [0.15, 0.2) is 0 Å². The Balaban J connectivity index is 1.04. The molecule has 3 heterocycles. The van der Waals surface area contributed by atoms with Crippen molar-refractivity contribution in [2.75, 3.05) is 0 Å². The molecule has 0 spiro atoms. The van der Waals surface area contributed by atoms with Gasteiger partial charge in [-0.2, -0.15) is 0 Å². The zero-order valence-corrected chi connectivity index (χ0v) is 32.4. The van der Waals surface area contributed by atoms with E-state index < -0.39 is 6.04 Å². The molecule has 12 aromatic rings. The van der Waals surface area contributed by atoms with Crippen molar-refractivity contribution in [1.82, 2.24) is 14.4 Å². The van der Waals surface area contributed by atoms with Gasteiger partial charge in [0.25, 0.3) is 0 Å². The Kier molecular flexibility index (Phi) is 7.07. The highest BCUT2D eigenvalue weighted by Crippen LogP contribution is 2.45. The van der Waals surface area contributed by atoms with E-state index in [9.17, 15) is 0 Å². The molecule has 0 aliphatic heterocycles. The fourth-order valence-electron chi connectivity index (χ4n) is 8.99. The van der Waals surface area contributed by atoms with Crippen LogP contribution >= 0.6 is 6.04 Å². The first-order valence-corrected chi connectivity index (χ1v) is 22.0. The van der Waals surface area contributed by atoms with E-state index in [0.29, 0.717) is 0 Å². The van der Waals surface area contributed by atoms with Crippen LogP contribution < -0.4 is 15.9 Å². The molecule has 0 saturated heterocycles. The Morgan fingerprint density at radius 3 is 1.88 bits per heavy atom. The Morgan fingerprint density at radius 1 is 0.404 bits per heavy atom. The van der Waals surface area contributed by atoms with Crippen LogP contribution in [0.4, 0.5) is 0 Å². The van der Waals surface area contributed by atoms with E-state index in [2.05, 4.69) is 186 Å². The van der Waals surface area contributed by atoms with Crippen molar-refractivity contribution in [3.63, 3.8) is 0 Å². The van der Waals surface area contributed by atoms with Gasteiger partial charge in [0, 0.05) is 33.8 Å². The second-order valence-electron chi connectivity index (χ2n) is 15.0. The third kappa shape index (κ3) is 4.95. The van der Waals surface area contributed by atoms with Crippen molar-refractivity contribution >= 4 is 115 Å². The van der Waals surface area contributed by atoms with Crippen molar-refractivity contribution in [1.29, 1.82) is 0 Å². The summed E-state index contributed by atoms with van der Waals surface area (Å²) < 4.78 is 2.35. The molecule has 9 aromatic carbocycles. The summed E-state index contributed by atoms with van der Waals surface area (Å²) in [7, 11) is 0. The topological polar surface area (TPSA) is 30.2 Å². The third-order valence-electron chi connectivity index (χ3n) is 11.8. The molecule has 3 aromatic heterocycles. The summed E-state index contributed by atoms with van der Waals surface area (Å²) in [5.74, 6) is 0. The second-order valence-corrected chi connectivity index (χ2v) is 19.4. The maximum absolute atomic E-state index is 6.94. The molecule has 0 saturated carbocycles. The van der Waals surface area contributed by atoms with E-state index in [1.54, 1.807) is 0 Å². The quantitative estimate of drug-likeness (QED) is 0.132. The number of benzene rings is 9. The fourth-order valence-corrected chi connectivity index (χ4v) is 12.7. The first-order valence-electron chi connectivity index (χ1n) is 19.2. The Hall–Kier alpha value is -6.71. The van der Waals surface area contributed by atoms with Crippen LogP contribution in [0.25, 0.3) is 92.7 Å². The first-order chi connectivity index (χ1) is 28.1. The average molecular weight is 762 g/mol. The lowest BCUT2D eigenvalue weighted by atomic mass is 9.96. The molecule has 5 heteroatoms. The molecular formula is C52H32N3PS. The zero-order chi connectivity index (χ0) is 37.7. The summed E-state index contributed by atoms with van der Waals surface area (Å²) in [6.07, 6.45) is 1.86. The molecule has 57 heavy (non-hydrogen) atoms. The number of para-hydroxylation sites is 2. The number of hydrogen-bond acceptors (Lipinski definition) is 3. The Bertz CT molecular complexity index is 3610. The largest absolute Gasteiger partial charge is 0.292 e. The number of hydrogen-bond donors (Lipinski definition) is 0. The SMILES string of the molecule is S=P(c1ccc2ccccc2c1)(c1ccc2cc(-c3ccc4c5c6ccccc6ccc5c5nc6ccccc6n5c4c3)ccc2c1)c1ccc2cccnc2c1. The first kappa shape index (κ1) is 32.5. The van der Waals surface area contributed by atoms with Gasteiger partial charge in [-0.3, -0.25) is 9.38 Å². The van der Waals surface area contributed by atoms with Crippen molar-refractivity contribution in [3.05, 3.63) is 194 Å². The van der Waals surface area contributed by atoms with Crippen LogP contribution in [0, 0.1) is 0 Å². The number of pyridine rings is 2. The van der Waals surface area contributed by atoms with Gasteiger partial charge in [-0.15, -0.1) is 0 Å². The summed E-state index contributed by atoms with van der Waals surface area (Å²) in [6, 6.07) is 65.7. The summed E-state index contributed by atoms with van der Waals surface area (Å²) >= 11 is 6.94. The predicted octanol–water partition coefficient (Wildman–Crippen LogP) is 12.2. The molecule has 3 nitrogen and oxygen atoms in total. The van der Waals surface area contributed by atoms with Crippen molar-refractivity contribution < 1.29 is 0 Å². The molecule has 266 valence electrons. The molecule has 0 aliphatic carbocycles. The van der Waals surface area contributed by atoms with Gasteiger partial charge in [-0.1, -0.05) is 145 Å². The van der Waals surface area contributed by atoms with Gasteiger partial charge in [0.1, 0.15) is 5.65 Å². The Morgan fingerprint density at radius 2 is 1.00 bits per heavy atom. The normalized spacial score (nSPS) is 13.1. The van der Waals surface area contributed by atoms with Gasteiger partial charge in [-0.05, 0) is 114 Å². The van der Waals surface area contributed by atoms with Gasteiger partial charge in [0.05, 0.1) is 22.1 Å². The van der Waals surface area contributed by atoms with Crippen LogP contribution in [0.1, 0.15) is 0 Å². The van der Waals surface area contributed by atoms with E-state index in [4.69, 9.17) is 21.8 Å². The molecular weight excluding hydrogens is 730 g/mol. The molecule has 0 aliphatic rings. The summed E-state index contributed by atoms with van der Waals surface area (Å²) in [4.78, 5) is 9.92. The lowest BCUT2D eigenvalue weighted by molar-refractivity contribution is 1.32. The predicted molar refractivity (Wildman–Crippen MR) is 247 cm³/mol. The summed E-state index contributed by atoms with van der Waals surface area (Å²) in [5.41, 5.74) is 7.54. The zero-order valence-electron chi connectivity index (χ0n) is 30.7. The molecule has 12 rings (SSSR count). The van der Waals surface area contributed by atoms with E-state index in [1.807, 2.05) is 12.3 Å². The molecule has 0 bridgehead atoms. The minimum atomic E-state index is -2.48. The summed E-state index contributed by atoms with van der Waals surface area (Å²) in [6.45, 7) is 0. The second kappa shape index (κ2) is 12.4. The minimum absolute atomic E-state index is 0.966. The number of imidazole rings is 1. The smallest absolute Gasteiger partial charge is 0.146 e. The average Bonchev–Trinajstić information content (AvgIpc) is 3.68. The number of aromatic nitrogens is 3. The maximum atomic E-state index is 6.94. The molecule has 0 radical (unpaired) electrons. The maximum Gasteiger partial charge on any atom is 0.146 e. The highest BCUT2D eigenvalue weighted by molar-refractivity contribution is 8.25. The monoisotopic (exact) mass is 761 g/mol. The highest BCUT2D eigenvalue weighted by atomic mass is 32.4. The van der Waals surface area contributed by atoms with E-state index in [-0.39, 0.29) is 0 Å². The third-order valence-corrected chi connectivity index (χ3v) is 16.7. The van der Waals surface area contributed by atoms with Gasteiger partial charge < -0.3 is 0 Å². The van der Waals surface area contributed by atoms with Crippen molar-refractivity contribution in [2.24, 2.45) is 0 Å². The molecule has 0 N–H and O–H groups in total. The van der Waals surface area contributed by atoms with Crippen LogP contribution in [0.15, 0.2) is 194 Å². The van der Waals surface area contributed by atoms with Crippen LogP contribution in [0.2, 0.25) is 0 Å². The highest BCUT2D eigenvalue weighted by Gasteiger charge is 2.26. The van der Waals surface area contributed by atoms with Gasteiger partial charge in [-0.25, -0.2) is 4.98 Å². The van der Waals surface area contributed by atoms with Crippen LogP contribution in [0.5, 0.6) is 0 Å². The van der Waals surface area contributed by atoms with Crippen LogP contribution in [-0.2, 0) is 11.8 Å². The molecule has 1 unspecified atom stereocenters. The van der Waals surface area contributed by atoms with E-state index in [1.165, 1.54) is 59.3 Å². The van der Waals surface area contributed by atoms with Crippen molar-refractivity contribution in [3.8, 4) is 11.1 Å². The van der Waals surface area contributed by atoms with Gasteiger partial charge >= 0.3 is 0 Å². The minimum Gasteiger partial charge on any atom is -0.292 e. The summed E-state index contributed by atoms with van der Waals surface area (Å²) in [5, 5.41) is 15.5. The Labute approximate surface area is 333 Å². The molecule has 0 amide bonds. The number of nitrogens with zero attached hydrogens (tertiary/aromatic N) is 3. The van der Waals surface area contributed by atoms with E-state index in [0.717, 1.165) is 49.4 Å². The number of rotatable bonds is 4. The lowest BCUT2D eigenvalue weighted by Gasteiger charge is -2.25. The molecule has 1 atom stereocenters. The van der Waals surface area contributed by atoms with E-state index >= 15 is 0 Å². The van der Waals surface area contributed by atoms with Crippen LogP contribution in [-0.4, -0.2) is 14.4 Å². The lowest BCUT2D eigenvalue weighted by Crippen LogP contribution is -2.25. The van der Waals surface area contributed by atoms with Gasteiger partial charge in [0.2, 0.25) is 0 Å². The van der Waals surface area contributed by atoms with Crippen molar-refractivity contribution in [2.45, 2.75) is 0 Å². The molecule has 0 fully saturated rings. The van der Waals surface area contributed by atoms with Crippen LogP contribution in [0.3, 0.4) is 0 Å². The standard InChI is InChI=1S/C52H32N3PS/c57-56(41-22-17-33-8-1-2-10-36(33)29-41,43-23-18-35-11-7-27-53-48(35)32-43)42-24-19-38-28-37(15-16-39(38)30-42)40-21-25-45-50(31-40)55-49-14-6-5-13-47(49)54-52(55)46-26-20-34-9-3-4-12-44(34)51(45)46/h1-32H. The fraction of sp³-hybridized carbons (Fsp3) is 0. The number of fused-ring (bicyclic) bond motifs is 13.